The van der Waals surface area contributed by atoms with E-state index in [1.54, 1.807) is 21.0 Å². The molecule has 1 aromatic rings. The number of methoxy groups -OCH3 is 1. The maximum absolute atomic E-state index is 12.1. The van der Waals surface area contributed by atoms with E-state index in [0.717, 1.165) is 17.6 Å². The number of anilines is 2. The van der Waals surface area contributed by atoms with Crippen molar-refractivity contribution in [3.05, 3.63) is 4.88 Å². The van der Waals surface area contributed by atoms with Crippen LogP contribution in [0.25, 0.3) is 0 Å². The number of ketones is 1. The van der Waals surface area contributed by atoms with Crippen molar-refractivity contribution in [3.63, 3.8) is 0 Å². The fourth-order valence-corrected chi connectivity index (χ4v) is 4.31. The number of Topliss-reactive ketones (excluding diaryl/α,β-unsaturated/α-hetero) is 1. The summed E-state index contributed by atoms with van der Waals surface area (Å²) in [5.74, 6) is -0.396. The molecular formula is C12H20N2O4S2. The quantitative estimate of drug-likeness (QED) is 0.585. The van der Waals surface area contributed by atoms with Crippen molar-refractivity contribution in [2.45, 2.75) is 18.7 Å². The van der Waals surface area contributed by atoms with Gasteiger partial charge in [0, 0.05) is 25.8 Å². The standard InChI is InChI=1S/C12H20N2O4S2/c1-7(2)9(15)10-8(13)11(20(4,16)17)12(19-10)14-5-6-18-3/h7,14H,5-6,13H2,1-4H3. The number of ether oxygens (including phenoxy) is 1. The van der Waals surface area contributed by atoms with Crippen LogP contribution in [0.5, 0.6) is 0 Å². The molecule has 114 valence electrons. The van der Waals surface area contributed by atoms with E-state index in [1.807, 2.05) is 0 Å². The van der Waals surface area contributed by atoms with Gasteiger partial charge in [0.05, 0.1) is 17.2 Å². The summed E-state index contributed by atoms with van der Waals surface area (Å²) in [6, 6.07) is 0. The highest BCUT2D eigenvalue weighted by atomic mass is 32.2. The molecule has 0 saturated carbocycles. The van der Waals surface area contributed by atoms with Crippen LogP contribution in [0.1, 0.15) is 23.5 Å². The van der Waals surface area contributed by atoms with Crippen LogP contribution in [-0.2, 0) is 14.6 Å². The monoisotopic (exact) mass is 320 g/mol. The fraction of sp³-hybridized carbons (Fsp3) is 0.583. The average molecular weight is 320 g/mol. The smallest absolute Gasteiger partial charge is 0.180 e. The lowest BCUT2D eigenvalue weighted by Crippen LogP contribution is -2.11. The minimum atomic E-state index is -3.51. The predicted molar refractivity (Wildman–Crippen MR) is 81.4 cm³/mol. The molecule has 0 saturated heterocycles. The zero-order valence-corrected chi connectivity index (χ0v) is 13.7. The van der Waals surface area contributed by atoms with Gasteiger partial charge < -0.3 is 15.8 Å². The zero-order valence-electron chi connectivity index (χ0n) is 12.0. The Morgan fingerprint density at radius 1 is 1.45 bits per heavy atom. The number of hydrogen-bond donors (Lipinski definition) is 2. The van der Waals surface area contributed by atoms with Gasteiger partial charge in [0.1, 0.15) is 9.90 Å². The molecule has 20 heavy (non-hydrogen) atoms. The lowest BCUT2D eigenvalue weighted by Gasteiger charge is -2.05. The normalized spacial score (nSPS) is 11.8. The third kappa shape index (κ3) is 3.71. The van der Waals surface area contributed by atoms with E-state index in [4.69, 9.17) is 10.5 Å². The van der Waals surface area contributed by atoms with Crippen LogP contribution in [0, 0.1) is 5.92 Å². The van der Waals surface area contributed by atoms with E-state index >= 15 is 0 Å². The average Bonchev–Trinajstić information content (AvgIpc) is 2.65. The second kappa shape index (κ2) is 6.55. The Bertz CT molecular complexity index is 591. The summed E-state index contributed by atoms with van der Waals surface area (Å²) in [6.07, 6.45) is 1.08. The molecular weight excluding hydrogens is 300 g/mol. The Kier molecular flexibility index (Phi) is 5.55. The molecule has 6 nitrogen and oxygen atoms in total. The van der Waals surface area contributed by atoms with Crippen LogP contribution in [0.2, 0.25) is 0 Å². The van der Waals surface area contributed by atoms with Crippen LogP contribution in [0.3, 0.4) is 0 Å². The highest BCUT2D eigenvalue weighted by Gasteiger charge is 2.27. The molecule has 1 aromatic heterocycles. The van der Waals surface area contributed by atoms with E-state index in [1.165, 1.54) is 0 Å². The van der Waals surface area contributed by atoms with E-state index in [2.05, 4.69) is 5.32 Å². The molecule has 0 aliphatic rings. The summed E-state index contributed by atoms with van der Waals surface area (Å²) < 4.78 is 28.6. The minimum Gasteiger partial charge on any atom is -0.396 e. The summed E-state index contributed by atoms with van der Waals surface area (Å²) in [5, 5.41) is 3.35. The Balaban J connectivity index is 3.28. The summed E-state index contributed by atoms with van der Waals surface area (Å²) >= 11 is 1.08. The first kappa shape index (κ1) is 16.9. The van der Waals surface area contributed by atoms with Gasteiger partial charge >= 0.3 is 0 Å². The number of hydrogen-bond acceptors (Lipinski definition) is 7. The number of carbonyl (C=O) groups is 1. The minimum absolute atomic E-state index is 0.00241. The lowest BCUT2D eigenvalue weighted by molar-refractivity contribution is 0.0944. The van der Waals surface area contributed by atoms with Gasteiger partial charge in [-0.2, -0.15) is 0 Å². The molecule has 8 heteroatoms. The van der Waals surface area contributed by atoms with Crippen molar-refractivity contribution >= 4 is 37.6 Å². The molecule has 0 spiro atoms. The SMILES string of the molecule is COCCNc1sc(C(=O)C(C)C)c(N)c1S(C)(=O)=O. The number of sulfone groups is 1. The molecule has 0 bridgehead atoms. The van der Waals surface area contributed by atoms with Gasteiger partial charge in [0.15, 0.2) is 15.6 Å². The van der Waals surface area contributed by atoms with Crippen LogP contribution in [0.15, 0.2) is 4.90 Å². The van der Waals surface area contributed by atoms with E-state index in [9.17, 15) is 13.2 Å². The van der Waals surface area contributed by atoms with Gasteiger partial charge in [0.2, 0.25) is 0 Å². The lowest BCUT2D eigenvalue weighted by atomic mass is 10.1. The largest absolute Gasteiger partial charge is 0.396 e. The fourth-order valence-electron chi connectivity index (χ4n) is 1.63. The third-order valence-corrected chi connectivity index (χ3v) is 5.08. The van der Waals surface area contributed by atoms with Gasteiger partial charge in [-0.3, -0.25) is 4.79 Å². The number of nitrogens with one attached hydrogen (secondary N) is 1. The van der Waals surface area contributed by atoms with Gasteiger partial charge in [-0.05, 0) is 0 Å². The summed E-state index contributed by atoms with van der Waals surface area (Å²) in [7, 11) is -1.96. The molecule has 0 atom stereocenters. The highest BCUT2D eigenvalue weighted by molar-refractivity contribution is 7.91. The number of thiophene rings is 1. The van der Waals surface area contributed by atoms with Crippen molar-refractivity contribution in [1.29, 1.82) is 0 Å². The van der Waals surface area contributed by atoms with Gasteiger partial charge in [-0.1, -0.05) is 13.8 Å². The Hall–Kier alpha value is -1.12. The first-order chi connectivity index (χ1) is 9.20. The van der Waals surface area contributed by atoms with Crippen LogP contribution in [-0.4, -0.2) is 40.7 Å². The van der Waals surface area contributed by atoms with Crippen molar-refractivity contribution in [2.75, 3.05) is 37.6 Å². The third-order valence-electron chi connectivity index (χ3n) is 2.61. The first-order valence-corrected chi connectivity index (χ1v) is 8.80. The molecule has 0 aliphatic carbocycles. The van der Waals surface area contributed by atoms with E-state index in [-0.39, 0.29) is 22.3 Å². The van der Waals surface area contributed by atoms with Crippen molar-refractivity contribution in [3.8, 4) is 0 Å². The highest BCUT2D eigenvalue weighted by Crippen LogP contribution is 2.40. The predicted octanol–water partition coefficient (Wildman–Crippen LogP) is 1.63. The number of carbonyl (C=O) groups excluding carboxylic acids is 1. The van der Waals surface area contributed by atoms with Crippen LogP contribution < -0.4 is 11.1 Å². The maximum Gasteiger partial charge on any atom is 0.180 e. The Labute approximate surface area is 123 Å². The molecule has 0 amide bonds. The van der Waals surface area contributed by atoms with Crippen molar-refractivity contribution < 1.29 is 17.9 Å². The van der Waals surface area contributed by atoms with Crippen LogP contribution >= 0.6 is 11.3 Å². The molecule has 0 unspecified atom stereocenters. The molecule has 0 aliphatic heterocycles. The zero-order chi connectivity index (χ0) is 15.5. The number of rotatable bonds is 7. The summed E-state index contributed by atoms with van der Waals surface area (Å²) in [4.78, 5) is 12.4. The molecule has 1 rings (SSSR count). The number of nitrogens with two attached hydrogens (primary N) is 1. The number of nitrogen functional groups attached to an aromatic ring is 1. The van der Waals surface area contributed by atoms with Gasteiger partial charge in [-0.15, -0.1) is 11.3 Å². The van der Waals surface area contributed by atoms with Crippen molar-refractivity contribution in [1.82, 2.24) is 0 Å². The first-order valence-electron chi connectivity index (χ1n) is 6.09. The second-order valence-electron chi connectivity index (χ2n) is 4.71. The van der Waals surface area contributed by atoms with E-state index < -0.39 is 9.84 Å². The van der Waals surface area contributed by atoms with Crippen molar-refractivity contribution in [2.24, 2.45) is 5.92 Å². The second-order valence-corrected chi connectivity index (χ2v) is 7.69. The Morgan fingerprint density at radius 2 is 2.05 bits per heavy atom. The topological polar surface area (TPSA) is 98.5 Å². The van der Waals surface area contributed by atoms with Gasteiger partial charge in [-0.25, -0.2) is 8.42 Å². The van der Waals surface area contributed by atoms with Crippen LogP contribution in [0.4, 0.5) is 10.7 Å². The van der Waals surface area contributed by atoms with Gasteiger partial charge in [0.25, 0.3) is 0 Å². The molecule has 0 radical (unpaired) electrons. The molecule has 1 heterocycles. The molecule has 0 aromatic carbocycles. The summed E-state index contributed by atoms with van der Waals surface area (Å²) in [6.45, 7) is 4.36. The van der Waals surface area contributed by atoms with E-state index in [0.29, 0.717) is 23.0 Å². The molecule has 3 N–H and O–H groups in total. The maximum atomic E-state index is 12.1. The molecule has 0 fully saturated rings. The summed E-state index contributed by atoms with van der Waals surface area (Å²) in [5.41, 5.74) is 5.91. The Morgan fingerprint density at radius 3 is 2.50 bits per heavy atom.